The van der Waals surface area contributed by atoms with E-state index < -0.39 is 0 Å². The predicted octanol–water partition coefficient (Wildman–Crippen LogP) is 2.36. The Kier molecular flexibility index (Phi) is 3.52. The second-order valence-corrected chi connectivity index (χ2v) is 5.79. The molecule has 2 aromatic heterocycles. The fourth-order valence-electron chi connectivity index (χ4n) is 2.47. The number of allylic oxidation sites excluding steroid dienone is 1. The zero-order valence-electron chi connectivity index (χ0n) is 13.2. The van der Waals surface area contributed by atoms with E-state index in [2.05, 4.69) is 33.8 Å². The highest BCUT2D eigenvalue weighted by Gasteiger charge is 2.33. The van der Waals surface area contributed by atoms with Gasteiger partial charge in [0.1, 0.15) is 12.1 Å². The molecule has 114 valence electrons. The first-order valence-corrected chi connectivity index (χ1v) is 7.33. The Balaban J connectivity index is 1.87. The number of nitrogens with zero attached hydrogens (tertiary/aromatic N) is 5. The van der Waals surface area contributed by atoms with Crippen molar-refractivity contribution in [1.29, 1.82) is 0 Å². The lowest BCUT2D eigenvalue weighted by Gasteiger charge is -2.22. The number of rotatable bonds is 3. The first-order chi connectivity index (χ1) is 10.5. The molecule has 0 saturated heterocycles. The zero-order chi connectivity index (χ0) is 15.9. The van der Waals surface area contributed by atoms with Gasteiger partial charge in [0.2, 0.25) is 5.78 Å². The SMILES string of the molecule is CC(C)N(C)c1ccc(/C=C2\C(=O)c3ncnn3C2C)cn1. The molecular formula is C16H19N5O. The number of hydrogen-bond donors (Lipinski definition) is 0. The van der Waals surface area contributed by atoms with Crippen molar-refractivity contribution in [1.82, 2.24) is 19.7 Å². The van der Waals surface area contributed by atoms with Gasteiger partial charge in [0.05, 0.1) is 6.04 Å². The van der Waals surface area contributed by atoms with Crippen LogP contribution in [0.1, 0.15) is 43.0 Å². The Morgan fingerprint density at radius 1 is 1.32 bits per heavy atom. The lowest BCUT2D eigenvalue weighted by atomic mass is 10.0. The number of aromatic nitrogens is 4. The van der Waals surface area contributed by atoms with Crippen LogP contribution in [0.2, 0.25) is 0 Å². The minimum absolute atomic E-state index is 0.0617. The van der Waals surface area contributed by atoms with Crippen LogP contribution in [0.3, 0.4) is 0 Å². The number of pyridine rings is 1. The molecular weight excluding hydrogens is 278 g/mol. The first kappa shape index (κ1) is 14.4. The van der Waals surface area contributed by atoms with Crippen LogP contribution < -0.4 is 4.90 Å². The van der Waals surface area contributed by atoms with Crippen molar-refractivity contribution in [2.45, 2.75) is 32.9 Å². The Morgan fingerprint density at radius 2 is 2.09 bits per heavy atom. The van der Waals surface area contributed by atoms with Crippen molar-refractivity contribution in [2.24, 2.45) is 0 Å². The summed E-state index contributed by atoms with van der Waals surface area (Å²) in [6.45, 7) is 6.18. The third-order valence-corrected chi connectivity index (χ3v) is 4.08. The van der Waals surface area contributed by atoms with Gasteiger partial charge in [-0.15, -0.1) is 0 Å². The second-order valence-electron chi connectivity index (χ2n) is 5.79. The van der Waals surface area contributed by atoms with Crippen molar-refractivity contribution in [2.75, 3.05) is 11.9 Å². The summed E-state index contributed by atoms with van der Waals surface area (Å²) in [5.41, 5.74) is 1.60. The molecule has 22 heavy (non-hydrogen) atoms. The van der Waals surface area contributed by atoms with Crippen LogP contribution in [0, 0.1) is 0 Å². The molecule has 1 aliphatic rings. The highest BCUT2D eigenvalue weighted by atomic mass is 16.1. The topological polar surface area (TPSA) is 63.9 Å². The fraction of sp³-hybridized carbons (Fsp3) is 0.375. The van der Waals surface area contributed by atoms with Crippen LogP contribution >= 0.6 is 0 Å². The molecule has 0 amide bonds. The van der Waals surface area contributed by atoms with Crippen molar-refractivity contribution < 1.29 is 4.79 Å². The molecule has 0 N–H and O–H groups in total. The average Bonchev–Trinajstić information content (AvgIpc) is 3.07. The monoisotopic (exact) mass is 297 g/mol. The number of fused-ring (bicyclic) bond motifs is 1. The summed E-state index contributed by atoms with van der Waals surface area (Å²) >= 11 is 0. The highest BCUT2D eigenvalue weighted by Crippen LogP contribution is 2.30. The molecule has 1 aliphatic heterocycles. The van der Waals surface area contributed by atoms with Crippen LogP contribution in [-0.4, -0.2) is 38.6 Å². The standard InChI is InChI=1S/C16H19N5O/c1-10(2)20(4)14-6-5-12(8-17-14)7-13-11(3)21-16(15(13)22)18-9-19-21/h5-11H,1-4H3/b13-7-. The van der Waals surface area contributed by atoms with E-state index in [0.717, 1.165) is 11.4 Å². The molecule has 3 rings (SSSR count). The average molecular weight is 297 g/mol. The maximum Gasteiger partial charge on any atom is 0.228 e. The van der Waals surface area contributed by atoms with Crippen molar-refractivity contribution >= 4 is 17.7 Å². The molecule has 0 radical (unpaired) electrons. The third-order valence-electron chi connectivity index (χ3n) is 4.08. The molecule has 0 spiro atoms. The third kappa shape index (κ3) is 2.30. The normalized spacial score (nSPS) is 19.0. The number of anilines is 1. The summed E-state index contributed by atoms with van der Waals surface area (Å²) in [4.78, 5) is 22.9. The van der Waals surface area contributed by atoms with Crippen LogP contribution in [0.5, 0.6) is 0 Å². The molecule has 3 heterocycles. The fourth-order valence-corrected chi connectivity index (χ4v) is 2.47. The van der Waals surface area contributed by atoms with E-state index in [1.807, 2.05) is 32.2 Å². The number of Topliss-reactive ketones (excluding diaryl/α,β-unsaturated/α-hetero) is 1. The van der Waals surface area contributed by atoms with E-state index in [0.29, 0.717) is 17.4 Å². The largest absolute Gasteiger partial charge is 0.357 e. The first-order valence-electron chi connectivity index (χ1n) is 7.33. The predicted molar refractivity (Wildman–Crippen MR) is 84.8 cm³/mol. The van der Waals surface area contributed by atoms with E-state index in [4.69, 9.17) is 0 Å². The van der Waals surface area contributed by atoms with E-state index in [1.165, 1.54) is 6.33 Å². The Labute approximate surface area is 129 Å². The quantitative estimate of drug-likeness (QED) is 0.814. The number of ketones is 1. The van der Waals surface area contributed by atoms with E-state index in [-0.39, 0.29) is 11.8 Å². The Morgan fingerprint density at radius 3 is 2.68 bits per heavy atom. The molecule has 0 saturated carbocycles. The van der Waals surface area contributed by atoms with Gasteiger partial charge in [0.25, 0.3) is 0 Å². The lowest BCUT2D eigenvalue weighted by molar-refractivity contribution is 0.103. The highest BCUT2D eigenvalue weighted by molar-refractivity contribution is 6.11. The van der Waals surface area contributed by atoms with Crippen molar-refractivity contribution in [3.05, 3.63) is 41.6 Å². The van der Waals surface area contributed by atoms with Crippen LogP contribution in [0.15, 0.2) is 30.2 Å². The van der Waals surface area contributed by atoms with Gasteiger partial charge in [-0.3, -0.25) is 4.79 Å². The van der Waals surface area contributed by atoms with E-state index >= 15 is 0 Å². The van der Waals surface area contributed by atoms with Crippen molar-refractivity contribution in [3.63, 3.8) is 0 Å². The Bertz CT molecular complexity index is 729. The van der Waals surface area contributed by atoms with E-state index in [1.54, 1.807) is 10.9 Å². The Hall–Kier alpha value is -2.50. The molecule has 1 atom stereocenters. The number of carbonyl (C=O) groups excluding carboxylic acids is 1. The van der Waals surface area contributed by atoms with Crippen molar-refractivity contribution in [3.8, 4) is 0 Å². The smallest absolute Gasteiger partial charge is 0.228 e. The lowest BCUT2D eigenvalue weighted by Crippen LogP contribution is -2.26. The summed E-state index contributed by atoms with van der Waals surface area (Å²) in [5, 5.41) is 4.10. The van der Waals surface area contributed by atoms with Crippen LogP contribution in [0.4, 0.5) is 5.82 Å². The van der Waals surface area contributed by atoms with Gasteiger partial charge in [0, 0.05) is 24.9 Å². The molecule has 6 heteroatoms. The van der Waals surface area contributed by atoms with E-state index in [9.17, 15) is 4.79 Å². The molecule has 2 aromatic rings. The van der Waals surface area contributed by atoms with Gasteiger partial charge in [-0.1, -0.05) is 0 Å². The molecule has 0 aromatic carbocycles. The molecule has 1 unspecified atom stereocenters. The van der Waals surface area contributed by atoms with Crippen LogP contribution in [0.25, 0.3) is 6.08 Å². The second kappa shape index (κ2) is 5.36. The maximum absolute atomic E-state index is 12.3. The van der Waals surface area contributed by atoms with Gasteiger partial charge in [0.15, 0.2) is 5.82 Å². The molecule has 0 bridgehead atoms. The summed E-state index contributed by atoms with van der Waals surface area (Å²) in [5.74, 6) is 1.26. The van der Waals surface area contributed by atoms with Gasteiger partial charge in [-0.2, -0.15) is 5.10 Å². The van der Waals surface area contributed by atoms with Gasteiger partial charge in [-0.05, 0) is 44.5 Å². The van der Waals surface area contributed by atoms with Gasteiger partial charge in [-0.25, -0.2) is 14.6 Å². The summed E-state index contributed by atoms with van der Waals surface area (Å²) in [6, 6.07) is 4.23. The van der Waals surface area contributed by atoms with Gasteiger partial charge >= 0.3 is 0 Å². The minimum Gasteiger partial charge on any atom is -0.357 e. The summed E-state index contributed by atoms with van der Waals surface area (Å²) in [6.07, 6.45) is 5.07. The van der Waals surface area contributed by atoms with Crippen LogP contribution in [-0.2, 0) is 0 Å². The minimum atomic E-state index is -0.0944. The number of carbonyl (C=O) groups is 1. The molecule has 0 aliphatic carbocycles. The summed E-state index contributed by atoms with van der Waals surface area (Å²) in [7, 11) is 2.01. The molecule has 6 nitrogen and oxygen atoms in total. The number of hydrogen-bond acceptors (Lipinski definition) is 5. The maximum atomic E-state index is 12.3. The van der Waals surface area contributed by atoms with Gasteiger partial charge < -0.3 is 4.90 Å². The zero-order valence-corrected chi connectivity index (χ0v) is 13.2. The summed E-state index contributed by atoms with van der Waals surface area (Å²) < 4.78 is 1.66. The molecule has 0 fully saturated rings.